The van der Waals surface area contributed by atoms with Crippen molar-refractivity contribution in [1.29, 1.82) is 0 Å². The second-order valence-electron chi connectivity index (χ2n) is 4.80. The van der Waals surface area contributed by atoms with Crippen LogP contribution in [-0.4, -0.2) is 22.6 Å². The zero-order valence-corrected chi connectivity index (χ0v) is 10.8. The molecule has 1 aromatic carbocycles. The van der Waals surface area contributed by atoms with Gasteiger partial charge in [0.2, 0.25) is 0 Å². The Morgan fingerprint density at radius 1 is 1.05 bits per heavy atom. The third-order valence-electron chi connectivity index (χ3n) is 3.40. The van der Waals surface area contributed by atoms with Crippen molar-refractivity contribution in [2.75, 3.05) is 6.54 Å². The summed E-state index contributed by atoms with van der Waals surface area (Å²) in [4.78, 5) is 8.67. The SMILES string of the molecule is C1=C(c2ncccn2)CC(Cc2ccccc2)NC1. The minimum atomic E-state index is 0.464. The lowest BCUT2D eigenvalue weighted by atomic mass is 9.95. The lowest BCUT2D eigenvalue weighted by molar-refractivity contribution is 0.531. The molecular weight excluding hydrogens is 234 g/mol. The fourth-order valence-corrected chi connectivity index (χ4v) is 2.46. The molecule has 3 rings (SSSR count). The summed E-state index contributed by atoms with van der Waals surface area (Å²) in [7, 11) is 0. The fourth-order valence-electron chi connectivity index (χ4n) is 2.46. The zero-order valence-electron chi connectivity index (χ0n) is 10.8. The van der Waals surface area contributed by atoms with Crippen LogP contribution in [0.2, 0.25) is 0 Å². The molecule has 2 heterocycles. The molecule has 1 N–H and O–H groups in total. The highest BCUT2D eigenvalue weighted by atomic mass is 14.9. The summed E-state index contributed by atoms with van der Waals surface area (Å²) in [5.74, 6) is 0.863. The molecule has 1 unspecified atom stereocenters. The minimum Gasteiger partial charge on any atom is -0.310 e. The Morgan fingerprint density at radius 3 is 2.63 bits per heavy atom. The largest absolute Gasteiger partial charge is 0.310 e. The first-order valence-electron chi connectivity index (χ1n) is 6.65. The number of hydrogen-bond acceptors (Lipinski definition) is 3. The monoisotopic (exact) mass is 251 g/mol. The van der Waals surface area contributed by atoms with Crippen LogP contribution in [0.1, 0.15) is 17.8 Å². The maximum Gasteiger partial charge on any atom is 0.154 e. The molecule has 0 saturated heterocycles. The summed E-state index contributed by atoms with van der Waals surface area (Å²) in [5.41, 5.74) is 2.62. The molecule has 19 heavy (non-hydrogen) atoms. The van der Waals surface area contributed by atoms with Crippen LogP contribution in [-0.2, 0) is 6.42 Å². The first-order valence-corrected chi connectivity index (χ1v) is 6.65. The van der Waals surface area contributed by atoms with Gasteiger partial charge in [-0.25, -0.2) is 9.97 Å². The van der Waals surface area contributed by atoms with Crippen molar-refractivity contribution in [3.05, 3.63) is 66.3 Å². The summed E-state index contributed by atoms with van der Waals surface area (Å²) >= 11 is 0. The van der Waals surface area contributed by atoms with E-state index in [1.807, 2.05) is 6.07 Å². The van der Waals surface area contributed by atoms with Crippen molar-refractivity contribution in [2.45, 2.75) is 18.9 Å². The van der Waals surface area contributed by atoms with Crippen molar-refractivity contribution in [2.24, 2.45) is 0 Å². The van der Waals surface area contributed by atoms with Gasteiger partial charge in [0, 0.05) is 25.0 Å². The van der Waals surface area contributed by atoms with E-state index >= 15 is 0 Å². The smallest absolute Gasteiger partial charge is 0.154 e. The average Bonchev–Trinajstić information content (AvgIpc) is 2.49. The quantitative estimate of drug-likeness (QED) is 0.910. The number of aromatic nitrogens is 2. The predicted molar refractivity (Wildman–Crippen MR) is 76.6 cm³/mol. The van der Waals surface area contributed by atoms with E-state index in [1.165, 1.54) is 11.1 Å². The van der Waals surface area contributed by atoms with Crippen LogP contribution in [0.4, 0.5) is 0 Å². The molecule has 1 atom stereocenters. The van der Waals surface area contributed by atoms with Crippen molar-refractivity contribution in [1.82, 2.24) is 15.3 Å². The van der Waals surface area contributed by atoms with E-state index in [2.05, 4.69) is 51.7 Å². The van der Waals surface area contributed by atoms with Crippen molar-refractivity contribution in [3.8, 4) is 0 Å². The predicted octanol–water partition coefficient (Wildman–Crippen LogP) is 2.46. The first-order chi connectivity index (χ1) is 9.42. The molecule has 0 saturated carbocycles. The van der Waals surface area contributed by atoms with Gasteiger partial charge < -0.3 is 5.32 Å². The maximum atomic E-state index is 4.34. The number of benzene rings is 1. The number of nitrogens with one attached hydrogen (secondary N) is 1. The molecule has 2 aromatic rings. The summed E-state index contributed by atoms with van der Waals surface area (Å²) in [6.07, 6.45) is 7.83. The normalized spacial score (nSPS) is 18.9. The van der Waals surface area contributed by atoms with Crippen LogP contribution in [0.5, 0.6) is 0 Å². The highest BCUT2D eigenvalue weighted by Crippen LogP contribution is 2.20. The fraction of sp³-hybridized carbons (Fsp3) is 0.250. The van der Waals surface area contributed by atoms with Crippen molar-refractivity contribution in [3.63, 3.8) is 0 Å². The zero-order chi connectivity index (χ0) is 12.9. The lowest BCUT2D eigenvalue weighted by Gasteiger charge is -2.23. The van der Waals surface area contributed by atoms with E-state index in [4.69, 9.17) is 0 Å². The van der Waals surface area contributed by atoms with Gasteiger partial charge in [0.25, 0.3) is 0 Å². The van der Waals surface area contributed by atoms with Crippen molar-refractivity contribution < 1.29 is 0 Å². The molecule has 96 valence electrons. The van der Waals surface area contributed by atoms with Crippen LogP contribution in [0.3, 0.4) is 0 Å². The molecule has 3 heteroatoms. The number of nitrogens with zero attached hydrogens (tertiary/aromatic N) is 2. The third kappa shape index (κ3) is 3.06. The van der Waals surface area contributed by atoms with Crippen LogP contribution >= 0.6 is 0 Å². The molecular formula is C16H17N3. The van der Waals surface area contributed by atoms with Gasteiger partial charge in [-0.15, -0.1) is 0 Å². The van der Waals surface area contributed by atoms with E-state index in [9.17, 15) is 0 Å². The Kier molecular flexibility index (Phi) is 3.65. The summed E-state index contributed by atoms with van der Waals surface area (Å²) in [6.45, 7) is 0.894. The van der Waals surface area contributed by atoms with Gasteiger partial charge in [-0.3, -0.25) is 0 Å². The van der Waals surface area contributed by atoms with E-state index < -0.39 is 0 Å². The van der Waals surface area contributed by atoms with Crippen molar-refractivity contribution >= 4 is 5.57 Å². The topological polar surface area (TPSA) is 37.8 Å². The molecule has 1 aromatic heterocycles. The number of rotatable bonds is 3. The molecule has 0 amide bonds. The minimum absolute atomic E-state index is 0.464. The van der Waals surface area contributed by atoms with Gasteiger partial charge in [-0.05, 0) is 30.0 Å². The second-order valence-corrected chi connectivity index (χ2v) is 4.80. The van der Waals surface area contributed by atoms with E-state index in [-0.39, 0.29) is 0 Å². The molecule has 1 aliphatic heterocycles. The summed E-state index contributed by atoms with van der Waals surface area (Å²) < 4.78 is 0. The molecule has 3 nitrogen and oxygen atoms in total. The first kappa shape index (κ1) is 12.1. The van der Waals surface area contributed by atoms with Crippen LogP contribution in [0.15, 0.2) is 54.9 Å². The van der Waals surface area contributed by atoms with Gasteiger partial charge in [0.15, 0.2) is 5.82 Å². The number of hydrogen-bond donors (Lipinski definition) is 1. The Morgan fingerprint density at radius 2 is 1.84 bits per heavy atom. The van der Waals surface area contributed by atoms with Crippen LogP contribution in [0.25, 0.3) is 5.57 Å². The van der Waals surface area contributed by atoms with Gasteiger partial charge >= 0.3 is 0 Å². The molecule has 1 aliphatic rings. The van der Waals surface area contributed by atoms with Gasteiger partial charge in [0.1, 0.15) is 0 Å². The second kappa shape index (κ2) is 5.76. The van der Waals surface area contributed by atoms with E-state index in [0.717, 1.165) is 25.2 Å². The summed E-state index contributed by atoms with van der Waals surface area (Å²) in [5, 5.41) is 3.54. The molecule has 0 aliphatic carbocycles. The highest BCUT2D eigenvalue weighted by Gasteiger charge is 2.17. The van der Waals surface area contributed by atoms with Gasteiger partial charge in [-0.2, -0.15) is 0 Å². The Balaban J connectivity index is 1.70. The third-order valence-corrected chi connectivity index (χ3v) is 3.40. The molecule has 0 radical (unpaired) electrons. The van der Waals surface area contributed by atoms with E-state index in [1.54, 1.807) is 12.4 Å². The standard InChI is InChI=1S/C16H17N3/c1-2-5-13(6-3-1)11-15-12-14(7-10-17-15)16-18-8-4-9-19-16/h1-9,15,17H,10-12H2. The maximum absolute atomic E-state index is 4.34. The molecule has 0 bridgehead atoms. The average molecular weight is 251 g/mol. The Bertz CT molecular complexity index is 549. The highest BCUT2D eigenvalue weighted by molar-refractivity contribution is 5.61. The van der Waals surface area contributed by atoms with Gasteiger partial charge in [0.05, 0.1) is 0 Å². The lowest BCUT2D eigenvalue weighted by Crippen LogP contribution is -2.34. The summed E-state index contributed by atoms with van der Waals surface area (Å²) in [6, 6.07) is 12.9. The van der Waals surface area contributed by atoms with Crippen LogP contribution in [0, 0.1) is 0 Å². The molecule has 0 spiro atoms. The van der Waals surface area contributed by atoms with E-state index in [0.29, 0.717) is 6.04 Å². The molecule has 0 fully saturated rings. The Labute approximate surface area is 113 Å². The van der Waals surface area contributed by atoms with Crippen LogP contribution < -0.4 is 5.32 Å². The van der Waals surface area contributed by atoms with Gasteiger partial charge in [-0.1, -0.05) is 36.4 Å². The Hall–Kier alpha value is -2.00.